The van der Waals surface area contributed by atoms with E-state index in [4.69, 9.17) is 37.9 Å². The van der Waals surface area contributed by atoms with Crippen LogP contribution in [0.5, 0.6) is 0 Å². The summed E-state index contributed by atoms with van der Waals surface area (Å²) in [6.07, 6.45) is -20.2. The topological polar surface area (TPSA) is 334 Å². The van der Waals surface area contributed by atoms with E-state index >= 15 is 0 Å². The predicted octanol–water partition coefficient (Wildman–Crippen LogP) is -4.04. The number of esters is 1. The molecule has 0 aromatic carbocycles. The van der Waals surface area contributed by atoms with Crippen LogP contribution in [0.25, 0.3) is 0 Å². The molecule has 356 valence electrons. The lowest BCUT2D eigenvalue weighted by molar-refractivity contribution is -0.376. The number of ether oxygens (including phenoxy) is 8. The van der Waals surface area contributed by atoms with Gasteiger partial charge >= 0.3 is 5.97 Å². The summed E-state index contributed by atoms with van der Waals surface area (Å²) in [5.41, 5.74) is 0. The summed E-state index contributed by atoms with van der Waals surface area (Å²) < 4.78 is 47.5. The third-order valence-electron chi connectivity index (χ3n) is 13.8. The van der Waals surface area contributed by atoms with Crippen molar-refractivity contribution in [3.8, 4) is 0 Å². The Kier molecular flexibility index (Phi) is 16.7. The zero-order chi connectivity index (χ0) is 44.4. The van der Waals surface area contributed by atoms with Gasteiger partial charge in [0.15, 0.2) is 18.9 Å². The first kappa shape index (κ1) is 48.4. The number of carbonyl (C=O) groups excluding carboxylic acids is 1. The van der Waals surface area contributed by atoms with E-state index in [0.717, 1.165) is 32.1 Å². The minimum atomic E-state index is -1.89. The fourth-order valence-corrected chi connectivity index (χ4v) is 10.1. The molecule has 0 amide bonds. The van der Waals surface area contributed by atoms with E-state index in [0.29, 0.717) is 6.42 Å². The van der Waals surface area contributed by atoms with E-state index in [9.17, 15) is 66.1 Å². The normalized spacial score (nSPS) is 49.6. The zero-order valence-electron chi connectivity index (χ0n) is 34.5. The lowest BCUT2D eigenvalue weighted by Crippen LogP contribution is -2.65. The second-order valence-electron chi connectivity index (χ2n) is 18.2. The Bertz CT molecular complexity index is 1450. The molecule has 21 heteroatoms. The molecule has 23 atom stereocenters. The van der Waals surface area contributed by atoms with E-state index in [1.165, 1.54) is 6.08 Å². The lowest BCUT2D eigenvalue weighted by atomic mass is 9.72. The molecular formula is C41H66O21. The van der Waals surface area contributed by atoms with Gasteiger partial charge in [0.25, 0.3) is 0 Å². The molecule has 0 radical (unpaired) electrons. The van der Waals surface area contributed by atoms with Gasteiger partial charge in [-0.15, -0.1) is 0 Å². The molecule has 3 saturated carbocycles. The van der Waals surface area contributed by atoms with Gasteiger partial charge in [-0.25, -0.2) is 4.79 Å². The molecular weight excluding hydrogens is 828 g/mol. The van der Waals surface area contributed by atoms with E-state index < -0.39 is 160 Å². The molecule has 12 N–H and O–H groups in total. The number of carbonyl (C=O) groups is 1. The molecule has 0 spiro atoms. The largest absolute Gasteiger partial charge is 0.460 e. The van der Waals surface area contributed by atoms with Crippen LogP contribution in [0.3, 0.4) is 0 Å². The first-order valence-electron chi connectivity index (χ1n) is 22.1. The molecule has 4 heterocycles. The predicted molar refractivity (Wildman–Crippen MR) is 205 cm³/mol. The fourth-order valence-electron chi connectivity index (χ4n) is 10.1. The monoisotopic (exact) mass is 894 g/mol. The number of hydrogen-bond acceptors (Lipinski definition) is 21. The first-order chi connectivity index (χ1) is 29.6. The Morgan fingerprint density at radius 1 is 0.581 bits per heavy atom. The van der Waals surface area contributed by atoms with E-state index in [1.807, 2.05) is 0 Å². The fraction of sp³-hybridized carbons (Fsp3) is 0.927. The van der Waals surface area contributed by atoms with Gasteiger partial charge in [-0.2, -0.15) is 0 Å². The van der Waals surface area contributed by atoms with Gasteiger partial charge in [0, 0.05) is 12.0 Å². The smallest absolute Gasteiger partial charge is 0.330 e. The van der Waals surface area contributed by atoms with Gasteiger partial charge in [0.2, 0.25) is 0 Å². The quantitative estimate of drug-likeness (QED) is 0.0655. The summed E-state index contributed by atoms with van der Waals surface area (Å²) in [7, 11) is 0. The van der Waals surface area contributed by atoms with E-state index in [2.05, 4.69) is 0 Å². The number of aliphatic hydroxyl groups is 12. The maximum absolute atomic E-state index is 12.5. The second-order valence-corrected chi connectivity index (χ2v) is 18.2. The molecule has 7 aliphatic rings. The Labute approximate surface area is 358 Å². The van der Waals surface area contributed by atoms with E-state index in [1.54, 1.807) is 6.08 Å². The molecule has 4 aliphatic heterocycles. The lowest BCUT2D eigenvalue weighted by Gasteiger charge is -2.51. The number of rotatable bonds is 12. The summed E-state index contributed by atoms with van der Waals surface area (Å²) in [5, 5.41) is 129. The van der Waals surface area contributed by atoms with Crippen LogP contribution in [0.4, 0.5) is 0 Å². The van der Waals surface area contributed by atoms with Crippen molar-refractivity contribution in [2.45, 2.75) is 199 Å². The van der Waals surface area contributed by atoms with Gasteiger partial charge in [0.05, 0.1) is 55.9 Å². The van der Waals surface area contributed by atoms with Crippen LogP contribution >= 0.6 is 0 Å². The highest BCUT2D eigenvalue weighted by atomic mass is 16.8. The van der Waals surface area contributed by atoms with Gasteiger partial charge in [0.1, 0.15) is 73.8 Å². The van der Waals surface area contributed by atoms with Crippen LogP contribution in [-0.2, 0) is 42.7 Å². The molecule has 7 rings (SSSR count). The first-order valence-corrected chi connectivity index (χ1v) is 22.1. The molecule has 62 heavy (non-hydrogen) atoms. The van der Waals surface area contributed by atoms with Crippen molar-refractivity contribution < 1.29 is 104 Å². The maximum Gasteiger partial charge on any atom is 0.330 e. The highest BCUT2D eigenvalue weighted by Gasteiger charge is 2.55. The van der Waals surface area contributed by atoms with Crippen LogP contribution in [-0.4, -0.2) is 216 Å². The number of fused-ring (bicyclic) bond motifs is 1. The summed E-state index contributed by atoms with van der Waals surface area (Å²) >= 11 is 0. The van der Waals surface area contributed by atoms with Gasteiger partial charge in [-0.3, -0.25) is 0 Å². The Hall–Kier alpha value is -1.55. The van der Waals surface area contributed by atoms with Crippen LogP contribution in [0.2, 0.25) is 0 Å². The molecule has 0 aromatic rings. The third-order valence-corrected chi connectivity index (χ3v) is 13.8. The van der Waals surface area contributed by atoms with Crippen molar-refractivity contribution in [1.82, 2.24) is 0 Å². The van der Waals surface area contributed by atoms with Crippen LogP contribution in [0.1, 0.15) is 70.6 Å². The zero-order valence-corrected chi connectivity index (χ0v) is 34.5. The average molecular weight is 895 g/mol. The molecule has 0 bridgehead atoms. The van der Waals surface area contributed by atoms with Crippen LogP contribution in [0, 0.1) is 17.8 Å². The molecule has 0 aromatic heterocycles. The SMILES string of the molecule is O=C(C=CC1CCCCC1)OCC1OC(OCC2OC(OC3CC4C(O)CC(O)CC4OC3C3CCC(O)C(O)C3)C(OC3OCC(O)C(O)C3O)C(O)C2O)C(O)C(O)C1O. The average Bonchev–Trinajstić information content (AvgIpc) is 3.25. The van der Waals surface area contributed by atoms with Gasteiger partial charge in [-0.1, -0.05) is 25.3 Å². The van der Waals surface area contributed by atoms with Crippen molar-refractivity contribution in [2.24, 2.45) is 17.8 Å². The molecule has 3 aliphatic carbocycles. The summed E-state index contributed by atoms with van der Waals surface area (Å²) in [6.45, 7) is -1.61. The number of aliphatic hydroxyl groups excluding tert-OH is 12. The number of hydrogen-bond donors (Lipinski definition) is 12. The highest BCUT2D eigenvalue weighted by Crippen LogP contribution is 2.44. The third kappa shape index (κ3) is 11.2. The second kappa shape index (κ2) is 21.4. The molecule has 7 fully saturated rings. The number of allylic oxidation sites excluding steroid dienone is 1. The van der Waals surface area contributed by atoms with Gasteiger partial charge < -0.3 is 99.2 Å². The maximum atomic E-state index is 12.5. The molecule has 4 saturated heterocycles. The summed E-state index contributed by atoms with van der Waals surface area (Å²) in [5.74, 6) is -1.35. The Morgan fingerprint density at radius 2 is 1.27 bits per heavy atom. The van der Waals surface area contributed by atoms with Crippen LogP contribution in [0.15, 0.2) is 12.2 Å². The molecule has 21 nitrogen and oxygen atoms in total. The minimum absolute atomic E-state index is 0.0822. The molecule has 23 unspecified atom stereocenters. The van der Waals surface area contributed by atoms with Crippen LogP contribution < -0.4 is 0 Å². The van der Waals surface area contributed by atoms with Crippen molar-refractivity contribution in [3.63, 3.8) is 0 Å². The van der Waals surface area contributed by atoms with E-state index in [-0.39, 0.29) is 43.9 Å². The van der Waals surface area contributed by atoms with Crippen molar-refractivity contribution in [3.05, 3.63) is 12.2 Å². The summed E-state index contributed by atoms with van der Waals surface area (Å²) in [6, 6.07) is 0. The standard InChI is InChI=1S/C41H66O21/c42-19-11-22(44)20-13-26(37(58-25(20)12-19)18-7-8-21(43)23(45)10-18)59-41-38(62-40-35(53)30(48)24(46)14-56-40)34(52)32(50)28(61-41)16-57-39-36(54)33(51)31(49)27(60-39)15-55-29(47)9-6-17-4-2-1-3-5-17/h6,9,17-28,30-46,48-54H,1-5,7-8,10-16H2. The minimum Gasteiger partial charge on any atom is -0.460 e. The Balaban J connectivity index is 1.07. The van der Waals surface area contributed by atoms with Crippen molar-refractivity contribution >= 4 is 5.97 Å². The van der Waals surface area contributed by atoms with Gasteiger partial charge in [-0.05, 0) is 63.2 Å². The Morgan fingerprint density at radius 3 is 2.02 bits per heavy atom. The van der Waals surface area contributed by atoms with Crippen molar-refractivity contribution in [2.75, 3.05) is 19.8 Å². The summed E-state index contributed by atoms with van der Waals surface area (Å²) in [4.78, 5) is 12.5. The highest BCUT2D eigenvalue weighted by molar-refractivity contribution is 5.81. The van der Waals surface area contributed by atoms with Crippen molar-refractivity contribution in [1.29, 1.82) is 0 Å².